The van der Waals surface area contributed by atoms with Crippen molar-refractivity contribution in [1.29, 1.82) is 0 Å². The van der Waals surface area contributed by atoms with E-state index in [0.29, 0.717) is 0 Å². The minimum atomic E-state index is -0.446. The quantitative estimate of drug-likeness (QED) is 0.0868. The largest absolute Gasteiger partial charge is 2.00 e. The third kappa shape index (κ3) is 18.4. The van der Waals surface area contributed by atoms with Crippen LogP contribution < -0.4 is 97.6 Å². The van der Waals surface area contributed by atoms with E-state index in [1.54, 1.807) is 0 Å². The maximum Gasteiger partial charge on any atom is 2.00 e. The summed E-state index contributed by atoms with van der Waals surface area (Å²) >= 11 is 0. The molecule has 1 radical (unpaired) electrons. The average molecular weight is 1270 g/mol. The van der Waals surface area contributed by atoms with Crippen molar-refractivity contribution in [3.05, 3.63) is 364 Å². The van der Waals surface area contributed by atoms with Crippen molar-refractivity contribution in [3.8, 4) is 0 Å². The van der Waals surface area contributed by atoms with Crippen molar-refractivity contribution < 1.29 is 51.0 Å². The molecule has 0 aliphatic carbocycles. The monoisotopic (exact) mass is 1270 g/mol. The summed E-state index contributed by atoms with van der Waals surface area (Å²) in [6, 6.07) is 129. The van der Waals surface area contributed by atoms with E-state index in [1.807, 2.05) is 0 Å². The Labute approximate surface area is 506 Å². The number of rotatable bonds is 12. The minimum Gasteiger partial charge on any atom is -1.00 e. The number of hydrogen-bond acceptors (Lipinski definition) is 0. The van der Waals surface area contributed by atoms with Crippen LogP contribution in [0.4, 0.5) is 0 Å². The Hall–Kier alpha value is -6.16. The van der Waals surface area contributed by atoms with Crippen molar-refractivity contribution >= 4 is 95.3 Å². The van der Waals surface area contributed by atoms with Crippen molar-refractivity contribution in [2.75, 3.05) is 0 Å². The van der Waals surface area contributed by atoms with Gasteiger partial charge in [-0.05, 0) is 95.3 Å². The first-order valence-electron chi connectivity index (χ1n) is 25.6. The summed E-state index contributed by atoms with van der Waals surface area (Å²) in [6.07, 6.45) is 0. The van der Waals surface area contributed by atoms with Gasteiger partial charge < -0.3 is 34.0 Å². The van der Waals surface area contributed by atoms with E-state index in [1.165, 1.54) is 63.7 Å². The summed E-state index contributed by atoms with van der Waals surface area (Å²) in [5.74, 6) is 0. The molecule has 0 nitrogen and oxygen atoms in total. The molecule has 0 bridgehead atoms. The molecule has 393 valence electrons. The molecule has 0 heterocycles. The van der Waals surface area contributed by atoms with Gasteiger partial charge in [-0.25, -0.2) is 0 Å². The molecular weight excluding hydrogens is 1210 g/mol. The summed E-state index contributed by atoms with van der Waals surface area (Å²) in [7, 11) is -1.78. The molecule has 79 heavy (non-hydrogen) atoms. The van der Waals surface area contributed by atoms with Crippen LogP contribution >= 0.6 is 31.7 Å². The van der Waals surface area contributed by atoms with Gasteiger partial charge in [0.15, 0.2) is 0 Å². The summed E-state index contributed by atoms with van der Waals surface area (Å²) in [6.45, 7) is 0. The first kappa shape index (κ1) is 62.0. The zero-order valence-corrected chi connectivity index (χ0v) is 51.2. The smallest absolute Gasteiger partial charge is 1.00 e. The Morgan fingerprint density at radius 2 is 0.177 bits per heavy atom. The predicted octanol–water partition coefficient (Wildman–Crippen LogP) is 7.78. The van der Waals surface area contributed by atoms with E-state index in [-0.39, 0.29) is 51.0 Å². The average Bonchev–Trinajstić information content (AvgIpc) is 3.51. The predicted molar refractivity (Wildman–Crippen MR) is 341 cm³/mol. The molecule has 0 N–H and O–H groups in total. The molecule has 0 aliphatic heterocycles. The second-order valence-corrected chi connectivity index (χ2v) is 26.2. The van der Waals surface area contributed by atoms with Gasteiger partial charge in [0, 0.05) is 0 Å². The topological polar surface area (TPSA) is 0 Å². The summed E-state index contributed by atoms with van der Waals surface area (Å²) < 4.78 is 0. The maximum absolute atomic E-state index is 2.23. The van der Waals surface area contributed by atoms with Gasteiger partial charge in [-0.3, -0.25) is 0 Å². The van der Waals surface area contributed by atoms with E-state index in [0.717, 1.165) is 0 Å². The molecule has 0 amide bonds. The molecule has 0 aliphatic rings. The minimum absolute atomic E-state index is 0. The van der Waals surface area contributed by atoms with Gasteiger partial charge >= 0.3 is 17.1 Å². The fourth-order valence-electron chi connectivity index (χ4n) is 8.71. The summed E-state index contributed by atoms with van der Waals surface area (Å²) in [4.78, 5) is 0. The summed E-state index contributed by atoms with van der Waals surface area (Å²) in [5, 5.41) is 16.8. The first-order chi connectivity index (χ1) is 37.8. The van der Waals surface area contributed by atoms with E-state index in [4.69, 9.17) is 0 Å². The molecule has 12 rings (SSSR count). The zero-order chi connectivity index (χ0) is 51.7. The van der Waals surface area contributed by atoms with Crippen molar-refractivity contribution in [2.24, 2.45) is 0 Å². The Kier molecular flexibility index (Phi) is 27.3. The molecule has 7 heteroatoms. The van der Waals surface area contributed by atoms with Crippen molar-refractivity contribution in [2.45, 2.75) is 0 Å². The molecular formula is C72H60Br2CuP4. The molecule has 0 spiro atoms. The van der Waals surface area contributed by atoms with E-state index in [9.17, 15) is 0 Å². The molecule has 0 unspecified atom stereocenters. The van der Waals surface area contributed by atoms with Crippen molar-refractivity contribution in [1.82, 2.24) is 0 Å². The van der Waals surface area contributed by atoms with Gasteiger partial charge in [-0.2, -0.15) is 0 Å². The van der Waals surface area contributed by atoms with Crippen LogP contribution in [0.1, 0.15) is 0 Å². The second kappa shape index (κ2) is 34.8. The van der Waals surface area contributed by atoms with Crippen LogP contribution in [0.2, 0.25) is 0 Å². The van der Waals surface area contributed by atoms with Gasteiger partial charge in [-0.15, -0.1) is 0 Å². The van der Waals surface area contributed by atoms with Crippen LogP contribution in [0.5, 0.6) is 0 Å². The third-order valence-electron chi connectivity index (χ3n) is 12.2. The Bertz CT molecular complexity index is 2590. The fourth-order valence-corrected chi connectivity index (χ4v) is 17.9. The summed E-state index contributed by atoms with van der Waals surface area (Å²) in [5.41, 5.74) is 0. The SMILES string of the molecule is [Br-].[Br-].[Cu+2].c1ccc(P(c2ccccc2)c2ccccc2)cc1.c1ccc(P(c2ccccc2)c2ccccc2)cc1.c1ccc(P(c2ccccc2)c2ccccc2)cc1.c1ccc(P(c2ccccc2)c2ccccc2)cc1. The Morgan fingerprint density at radius 1 is 0.114 bits per heavy atom. The van der Waals surface area contributed by atoms with Gasteiger partial charge in [-0.1, -0.05) is 364 Å². The Morgan fingerprint density at radius 3 is 0.241 bits per heavy atom. The number of hydrogen-bond donors (Lipinski definition) is 0. The molecule has 0 aromatic heterocycles. The van der Waals surface area contributed by atoms with Crippen LogP contribution in [0.3, 0.4) is 0 Å². The number of benzene rings is 12. The van der Waals surface area contributed by atoms with Crippen LogP contribution in [-0.2, 0) is 17.1 Å². The third-order valence-corrected chi connectivity index (χ3v) is 21.9. The molecule has 0 fully saturated rings. The van der Waals surface area contributed by atoms with Gasteiger partial charge in [0.2, 0.25) is 0 Å². The van der Waals surface area contributed by atoms with E-state index in [2.05, 4.69) is 364 Å². The number of halogens is 2. The molecule has 12 aromatic rings. The van der Waals surface area contributed by atoms with Gasteiger partial charge in [0.05, 0.1) is 0 Å². The van der Waals surface area contributed by atoms with Gasteiger partial charge in [0.25, 0.3) is 0 Å². The van der Waals surface area contributed by atoms with Crippen LogP contribution in [0.25, 0.3) is 0 Å². The Balaban J connectivity index is 0.000000168. The van der Waals surface area contributed by atoms with Crippen molar-refractivity contribution in [3.63, 3.8) is 0 Å². The first-order valence-corrected chi connectivity index (χ1v) is 31.0. The van der Waals surface area contributed by atoms with E-state index < -0.39 is 31.7 Å². The normalized spacial score (nSPS) is 10.2. The van der Waals surface area contributed by atoms with Crippen LogP contribution in [0, 0.1) is 0 Å². The molecule has 12 aromatic carbocycles. The maximum atomic E-state index is 2.23. The molecule has 0 saturated heterocycles. The van der Waals surface area contributed by atoms with Crippen LogP contribution in [0.15, 0.2) is 364 Å². The fraction of sp³-hybridized carbons (Fsp3) is 0. The molecule has 0 atom stereocenters. The van der Waals surface area contributed by atoms with Crippen LogP contribution in [-0.4, -0.2) is 0 Å². The molecule has 0 saturated carbocycles. The zero-order valence-electron chi connectivity index (χ0n) is 43.5. The van der Waals surface area contributed by atoms with E-state index >= 15 is 0 Å². The standard InChI is InChI=1S/4C18H15P.2BrH.Cu/c4*1-4-10-16(11-5-1)19(17-12-6-2-7-13-17)18-14-8-3-9-15-18;;;/h4*1-15H;2*1H;/q;;;;;;+2/p-2. The second-order valence-electron chi connectivity index (χ2n) is 17.4. The van der Waals surface area contributed by atoms with Gasteiger partial charge in [0.1, 0.15) is 0 Å².